The summed E-state index contributed by atoms with van der Waals surface area (Å²) in [5.74, 6) is -0.0256. The number of thiophene rings is 1. The van der Waals surface area contributed by atoms with E-state index in [0.29, 0.717) is 33.9 Å². The molecule has 7 nitrogen and oxygen atoms in total. The predicted molar refractivity (Wildman–Crippen MR) is 132 cm³/mol. The largest absolute Gasteiger partial charge is 0.368 e. The predicted octanol–water partition coefficient (Wildman–Crippen LogP) is 3.42. The molecule has 1 amide bonds. The van der Waals surface area contributed by atoms with Gasteiger partial charge in [0.05, 0.1) is 12.1 Å². The number of carbonyl (C=O) groups excluding carboxylic acids is 1. The van der Waals surface area contributed by atoms with Gasteiger partial charge >= 0.3 is 5.69 Å². The van der Waals surface area contributed by atoms with Gasteiger partial charge in [-0.1, -0.05) is 29.8 Å². The monoisotopic (exact) mass is 480 g/mol. The maximum atomic E-state index is 13.0. The highest BCUT2D eigenvalue weighted by Gasteiger charge is 2.22. The maximum Gasteiger partial charge on any atom is 0.329 e. The second-order valence-electron chi connectivity index (χ2n) is 7.94. The number of fused-ring (bicyclic) bond motifs is 1. The molecule has 9 heteroatoms. The average Bonchev–Trinajstić information content (AvgIpc) is 3.30. The second-order valence-corrected chi connectivity index (χ2v) is 9.29. The standard InChI is InChI=1S/C24H21ClN4O3S/c25-18-2-1-3-19(14-18)27-9-11-28(12-10-27)22(30)17-6-4-16(5-7-17)15-29-23(31)21-20(8-13-33-21)26-24(29)32/h1-8,13-14H,9-12,15H2,(H,26,32). The van der Waals surface area contributed by atoms with Crippen LogP contribution in [0.2, 0.25) is 5.02 Å². The maximum absolute atomic E-state index is 13.0. The summed E-state index contributed by atoms with van der Waals surface area (Å²) in [6.07, 6.45) is 0. The van der Waals surface area contributed by atoms with E-state index in [1.165, 1.54) is 15.9 Å². The Morgan fingerprint density at radius 1 is 1.00 bits per heavy atom. The van der Waals surface area contributed by atoms with Crippen molar-refractivity contribution in [2.24, 2.45) is 0 Å². The minimum atomic E-state index is -0.441. The number of nitrogens with zero attached hydrogens (tertiary/aromatic N) is 3. The number of hydrogen-bond donors (Lipinski definition) is 1. The summed E-state index contributed by atoms with van der Waals surface area (Å²) in [5, 5.41) is 2.48. The molecule has 33 heavy (non-hydrogen) atoms. The van der Waals surface area contributed by atoms with E-state index in [1.807, 2.05) is 29.2 Å². The first-order valence-corrected chi connectivity index (χ1v) is 11.8. The SMILES string of the molecule is O=C(c1ccc(Cn2c(=O)[nH]c3ccsc3c2=O)cc1)N1CCN(c2cccc(Cl)c2)CC1. The molecule has 0 spiro atoms. The fourth-order valence-corrected chi connectivity index (χ4v) is 5.05. The van der Waals surface area contributed by atoms with Crippen LogP contribution in [0.15, 0.2) is 69.6 Å². The molecule has 3 heterocycles. The molecule has 0 atom stereocenters. The number of rotatable bonds is 4. The van der Waals surface area contributed by atoms with Crippen molar-refractivity contribution in [1.82, 2.24) is 14.5 Å². The molecule has 168 valence electrons. The number of H-pyrrole nitrogens is 1. The Morgan fingerprint density at radius 2 is 1.76 bits per heavy atom. The van der Waals surface area contributed by atoms with Gasteiger partial charge in [0, 0.05) is 42.5 Å². The first-order chi connectivity index (χ1) is 16.0. The van der Waals surface area contributed by atoms with Crippen LogP contribution in [0, 0.1) is 0 Å². The molecule has 1 aliphatic rings. The quantitative estimate of drug-likeness (QED) is 0.485. The molecule has 1 aliphatic heterocycles. The first kappa shape index (κ1) is 21.5. The van der Waals surface area contributed by atoms with Gasteiger partial charge in [-0.3, -0.25) is 14.2 Å². The smallest absolute Gasteiger partial charge is 0.329 e. The summed E-state index contributed by atoms with van der Waals surface area (Å²) in [4.78, 5) is 44.7. The molecule has 4 aromatic rings. The minimum absolute atomic E-state index is 0.0256. The number of piperazine rings is 1. The summed E-state index contributed by atoms with van der Waals surface area (Å²) in [7, 11) is 0. The van der Waals surface area contributed by atoms with E-state index in [-0.39, 0.29) is 18.0 Å². The molecule has 1 fully saturated rings. The lowest BCUT2D eigenvalue weighted by molar-refractivity contribution is 0.0747. The van der Waals surface area contributed by atoms with Gasteiger partial charge in [-0.25, -0.2) is 4.79 Å². The van der Waals surface area contributed by atoms with E-state index < -0.39 is 5.69 Å². The van der Waals surface area contributed by atoms with Crippen LogP contribution >= 0.6 is 22.9 Å². The van der Waals surface area contributed by atoms with Crippen LogP contribution in [0.5, 0.6) is 0 Å². The van der Waals surface area contributed by atoms with E-state index in [2.05, 4.69) is 9.88 Å². The Morgan fingerprint density at radius 3 is 2.48 bits per heavy atom. The Hall–Kier alpha value is -3.36. The van der Waals surface area contributed by atoms with Crippen LogP contribution in [0.3, 0.4) is 0 Å². The van der Waals surface area contributed by atoms with Crippen LogP contribution in [-0.4, -0.2) is 46.5 Å². The average molecular weight is 481 g/mol. The van der Waals surface area contributed by atoms with E-state index in [1.54, 1.807) is 35.7 Å². The Bertz CT molecular complexity index is 1430. The molecule has 2 aromatic heterocycles. The van der Waals surface area contributed by atoms with Gasteiger partial charge in [0.1, 0.15) is 4.70 Å². The minimum Gasteiger partial charge on any atom is -0.368 e. The van der Waals surface area contributed by atoms with Gasteiger partial charge in [0.2, 0.25) is 0 Å². The van der Waals surface area contributed by atoms with Gasteiger partial charge in [0.15, 0.2) is 0 Å². The Kier molecular flexibility index (Phi) is 5.78. The molecule has 2 aromatic carbocycles. The summed E-state index contributed by atoms with van der Waals surface area (Å²) >= 11 is 7.40. The third-order valence-corrected chi connectivity index (χ3v) is 7.01. The van der Waals surface area contributed by atoms with Crippen molar-refractivity contribution in [3.05, 3.63) is 97.0 Å². The fourth-order valence-electron chi connectivity index (χ4n) is 4.07. The van der Waals surface area contributed by atoms with Crippen LogP contribution in [0.4, 0.5) is 5.69 Å². The van der Waals surface area contributed by atoms with Crippen molar-refractivity contribution >= 4 is 44.7 Å². The lowest BCUT2D eigenvalue weighted by atomic mass is 10.1. The number of aromatic nitrogens is 2. The number of benzene rings is 2. The Balaban J connectivity index is 1.26. The molecule has 0 aliphatic carbocycles. The van der Waals surface area contributed by atoms with Crippen molar-refractivity contribution in [1.29, 1.82) is 0 Å². The highest BCUT2D eigenvalue weighted by Crippen LogP contribution is 2.21. The molecule has 1 saturated heterocycles. The van der Waals surface area contributed by atoms with E-state index >= 15 is 0 Å². The zero-order valence-electron chi connectivity index (χ0n) is 17.7. The van der Waals surface area contributed by atoms with Gasteiger partial charge in [0.25, 0.3) is 11.5 Å². The summed E-state index contributed by atoms with van der Waals surface area (Å²) in [6, 6.07) is 16.5. The number of halogens is 1. The second kappa shape index (κ2) is 8.88. The zero-order chi connectivity index (χ0) is 22.9. The number of hydrogen-bond acceptors (Lipinski definition) is 5. The number of carbonyl (C=O) groups is 1. The van der Waals surface area contributed by atoms with Crippen molar-refractivity contribution < 1.29 is 4.79 Å². The molecule has 0 unspecified atom stereocenters. The zero-order valence-corrected chi connectivity index (χ0v) is 19.2. The third-order valence-electron chi connectivity index (χ3n) is 5.87. The summed E-state index contributed by atoms with van der Waals surface area (Å²) < 4.78 is 1.71. The summed E-state index contributed by atoms with van der Waals surface area (Å²) in [6.45, 7) is 2.87. The van der Waals surface area contributed by atoms with Crippen LogP contribution in [0.1, 0.15) is 15.9 Å². The van der Waals surface area contributed by atoms with Crippen molar-refractivity contribution in [3.8, 4) is 0 Å². The molecule has 5 rings (SSSR count). The van der Waals surface area contributed by atoms with Crippen LogP contribution in [0.25, 0.3) is 10.2 Å². The van der Waals surface area contributed by atoms with Crippen LogP contribution < -0.4 is 16.1 Å². The first-order valence-electron chi connectivity index (χ1n) is 10.6. The van der Waals surface area contributed by atoms with Crippen molar-refractivity contribution in [2.45, 2.75) is 6.54 Å². The molecule has 1 N–H and O–H groups in total. The van der Waals surface area contributed by atoms with Crippen molar-refractivity contribution in [2.75, 3.05) is 31.1 Å². The molecular weight excluding hydrogens is 460 g/mol. The molecule has 0 bridgehead atoms. The number of anilines is 1. The number of nitrogens with one attached hydrogen (secondary N) is 1. The molecule has 0 saturated carbocycles. The van der Waals surface area contributed by atoms with E-state index in [4.69, 9.17) is 11.6 Å². The fraction of sp³-hybridized carbons (Fsp3) is 0.208. The molecular formula is C24H21ClN4O3S. The van der Waals surface area contributed by atoms with Crippen LogP contribution in [-0.2, 0) is 6.54 Å². The lowest BCUT2D eigenvalue weighted by Gasteiger charge is -2.36. The third kappa shape index (κ3) is 4.31. The van der Waals surface area contributed by atoms with Gasteiger partial charge < -0.3 is 14.8 Å². The summed E-state index contributed by atoms with van der Waals surface area (Å²) in [5.41, 5.74) is 2.24. The lowest BCUT2D eigenvalue weighted by Crippen LogP contribution is -2.48. The van der Waals surface area contributed by atoms with E-state index in [0.717, 1.165) is 24.3 Å². The highest BCUT2D eigenvalue weighted by molar-refractivity contribution is 7.17. The molecule has 0 radical (unpaired) electrons. The normalized spacial score (nSPS) is 14.1. The number of aromatic amines is 1. The highest BCUT2D eigenvalue weighted by atomic mass is 35.5. The van der Waals surface area contributed by atoms with Gasteiger partial charge in [-0.05, 0) is 47.3 Å². The Labute approximate surface area is 198 Å². The topological polar surface area (TPSA) is 78.4 Å². The van der Waals surface area contributed by atoms with Crippen molar-refractivity contribution in [3.63, 3.8) is 0 Å². The van der Waals surface area contributed by atoms with E-state index in [9.17, 15) is 14.4 Å². The number of amides is 1. The van der Waals surface area contributed by atoms with Gasteiger partial charge in [-0.2, -0.15) is 0 Å². The van der Waals surface area contributed by atoms with Gasteiger partial charge in [-0.15, -0.1) is 11.3 Å².